The van der Waals surface area contributed by atoms with Crippen LogP contribution in [0.25, 0.3) is 16.0 Å². The van der Waals surface area contributed by atoms with Crippen LogP contribution in [0.5, 0.6) is 0 Å². The van der Waals surface area contributed by atoms with Crippen LogP contribution in [-0.4, -0.2) is 66.8 Å². The maximum Gasteiger partial charge on any atom is 0.248 e. The monoisotopic (exact) mass is 550 g/mol. The van der Waals surface area contributed by atoms with Crippen LogP contribution in [0.15, 0.2) is 23.7 Å². The average Bonchev–Trinajstić information content (AvgIpc) is 3.67. The molecule has 12 heteroatoms. The third-order valence-electron chi connectivity index (χ3n) is 8.41. The summed E-state index contributed by atoms with van der Waals surface area (Å²) in [5.41, 5.74) is 8.83. The quantitative estimate of drug-likeness (QED) is 0.342. The average molecular weight is 551 g/mol. The smallest absolute Gasteiger partial charge is 0.248 e. The van der Waals surface area contributed by atoms with Gasteiger partial charge in [0.2, 0.25) is 17.2 Å². The molecule has 2 saturated carbocycles. The number of fused-ring (bicyclic) bond motifs is 3. The van der Waals surface area contributed by atoms with Gasteiger partial charge in [0, 0.05) is 32.2 Å². The number of nitrogen functional groups attached to an aromatic ring is 1. The van der Waals surface area contributed by atoms with E-state index in [4.69, 9.17) is 22.3 Å². The molecule has 4 aromatic heterocycles. The molecule has 0 radical (unpaired) electrons. The molecule has 3 fully saturated rings. The van der Waals surface area contributed by atoms with E-state index in [1.807, 2.05) is 24.6 Å². The first-order valence-electron chi connectivity index (χ1n) is 13.4. The molecule has 2 aliphatic carbocycles. The van der Waals surface area contributed by atoms with Crippen molar-refractivity contribution in [1.29, 1.82) is 0 Å². The molecule has 1 aliphatic heterocycles. The van der Waals surface area contributed by atoms with E-state index in [-0.39, 0.29) is 11.2 Å². The summed E-state index contributed by atoms with van der Waals surface area (Å²) in [4.78, 5) is 23.0. The molecule has 0 spiro atoms. The summed E-state index contributed by atoms with van der Waals surface area (Å²) in [6.45, 7) is 6.38. The number of anilines is 4. The van der Waals surface area contributed by atoms with Crippen molar-refractivity contribution in [1.82, 2.24) is 34.6 Å². The number of hydrogen-bond donors (Lipinski definition) is 2. The number of aromatic nitrogens is 6. The zero-order valence-electron chi connectivity index (χ0n) is 21.3. The van der Waals surface area contributed by atoms with Gasteiger partial charge in [-0.1, -0.05) is 6.42 Å². The summed E-state index contributed by atoms with van der Waals surface area (Å²) in [6, 6.07) is 4.89. The molecule has 1 saturated heterocycles. The Labute approximate surface area is 230 Å². The maximum atomic E-state index is 6.21. The molecule has 3 N–H and O–H groups in total. The number of nitrogens with zero attached hydrogens (tertiary/aromatic N) is 8. The lowest BCUT2D eigenvalue weighted by molar-refractivity contribution is 0.152. The molecular weight excluding hydrogens is 520 g/mol. The van der Waals surface area contributed by atoms with Crippen LogP contribution in [0.4, 0.5) is 23.4 Å². The third kappa shape index (κ3) is 4.36. The predicted octanol–water partition coefficient (Wildman–Crippen LogP) is 4.66. The van der Waals surface area contributed by atoms with Gasteiger partial charge in [-0.2, -0.15) is 14.6 Å². The fourth-order valence-corrected chi connectivity index (χ4v) is 7.73. The second kappa shape index (κ2) is 9.62. The fraction of sp³-hybridized carbons (Fsp3) is 0.500. The van der Waals surface area contributed by atoms with Gasteiger partial charge in [-0.15, -0.1) is 16.4 Å². The molecule has 38 heavy (non-hydrogen) atoms. The highest BCUT2D eigenvalue weighted by molar-refractivity contribution is 7.17. The summed E-state index contributed by atoms with van der Waals surface area (Å²) < 4.78 is 2.35. The van der Waals surface area contributed by atoms with Crippen LogP contribution in [-0.2, 0) is 0 Å². The first-order chi connectivity index (χ1) is 18.5. The van der Waals surface area contributed by atoms with Gasteiger partial charge in [0.05, 0.1) is 22.1 Å². The van der Waals surface area contributed by atoms with Crippen LogP contribution in [0, 0.1) is 18.8 Å². The summed E-state index contributed by atoms with van der Waals surface area (Å²) in [7, 11) is 0. The Bertz CT molecular complexity index is 1470. The van der Waals surface area contributed by atoms with E-state index in [0.29, 0.717) is 11.8 Å². The number of hydrogen-bond acceptors (Lipinski definition) is 10. The third-order valence-corrected chi connectivity index (χ3v) is 9.66. The van der Waals surface area contributed by atoms with Gasteiger partial charge >= 0.3 is 0 Å². The van der Waals surface area contributed by atoms with Crippen LogP contribution in [0.2, 0.25) is 5.28 Å². The molecule has 0 aromatic carbocycles. The van der Waals surface area contributed by atoms with Gasteiger partial charge < -0.3 is 16.0 Å². The zero-order valence-corrected chi connectivity index (χ0v) is 22.9. The molecule has 3 aliphatic rings. The van der Waals surface area contributed by atoms with Gasteiger partial charge in [-0.25, -0.2) is 9.97 Å². The van der Waals surface area contributed by atoms with Crippen molar-refractivity contribution < 1.29 is 0 Å². The Balaban J connectivity index is 1.04. The maximum absolute atomic E-state index is 6.21. The van der Waals surface area contributed by atoms with E-state index < -0.39 is 0 Å². The summed E-state index contributed by atoms with van der Waals surface area (Å²) in [6.07, 6.45) is 8.79. The number of nitrogens with two attached hydrogens (primary N) is 1. The zero-order chi connectivity index (χ0) is 25.8. The normalized spacial score (nSPS) is 23.8. The van der Waals surface area contributed by atoms with Crippen molar-refractivity contribution in [2.24, 2.45) is 11.8 Å². The Hall–Kier alpha value is -3.02. The van der Waals surface area contributed by atoms with Crippen molar-refractivity contribution in [3.63, 3.8) is 0 Å². The minimum atomic E-state index is 0.144. The number of thiophene rings is 1. The SMILES string of the molecule is Cc1csc2c(-n3nc(Nc4ccc(N5CCCN(C6CC7CCC6C7)CC5)nc4)nc3N)nc(Cl)nc12. The summed E-state index contributed by atoms with van der Waals surface area (Å²) in [5, 5.41) is 9.92. The number of aryl methyl sites for hydroxylation is 1. The molecule has 5 heterocycles. The van der Waals surface area contributed by atoms with Crippen LogP contribution >= 0.6 is 22.9 Å². The predicted molar refractivity (Wildman–Crippen MR) is 152 cm³/mol. The highest BCUT2D eigenvalue weighted by atomic mass is 35.5. The summed E-state index contributed by atoms with van der Waals surface area (Å²) >= 11 is 7.71. The second-order valence-corrected chi connectivity index (χ2v) is 12.0. The van der Waals surface area contributed by atoms with E-state index in [1.54, 1.807) is 0 Å². The molecule has 198 valence electrons. The van der Waals surface area contributed by atoms with Gasteiger partial charge in [-0.05, 0) is 79.1 Å². The molecule has 2 bridgehead atoms. The van der Waals surface area contributed by atoms with Crippen LogP contribution < -0.4 is 16.0 Å². The van der Waals surface area contributed by atoms with Crippen molar-refractivity contribution in [2.45, 2.75) is 45.1 Å². The largest absolute Gasteiger partial charge is 0.368 e. The fourth-order valence-electron chi connectivity index (χ4n) is 6.60. The van der Waals surface area contributed by atoms with Gasteiger partial charge in [0.1, 0.15) is 5.82 Å². The first kappa shape index (κ1) is 24.1. The number of halogens is 1. The van der Waals surface area contributed by atoms with Crippen molar-refractivity contribution in [3.05, 3.63) is 34.6 Å². The van der Waals surface area contributed by atoms with E-state index in [0.717, 1.165) is 64.8 Å². The van der Waals surface area contributed by atoms with Crippen LogP contribution in [0.1, 0.15) is 37.7 Å². The number of rotatable bonds is 5. The summed E-state index contributed by atoms with van der Waals surface area (Å²) in [5.74, 6) is 4.03. The van der Waals surface area contributed by atoms with Gasteiger partial charge in [0.25, 0.3) is 0 Å². The molecule has 3 unspecified atom stereocenters. The Kier molecular flexibility index (Phi) is 6.09. The lowest BCUT2D eigenvalue weighted by Gasteiger charge is -2.33. The van der Waals surface area contributed by atoms with Crippen molar-refractivity contribution >= 4 is 56.6 Å². The molecule has 3 atom stereocenters. The Morgan fingerprint density at radius 2 is 2.00 bits per heavy atom. The van der Waals surface area contributed by atoms with E-state index >= 15 is 0 Å². The minimum absolute atomic E-state index is 0.144. The lowest BCUT2D eigenvalue weighted by atomic mass is 9.94. The van der Waals surface area contributed by atoms with E-state index in [9.17, 15) is 0 Å². The van der Waals surface area contributed by atoms with Gasteiger partial charge in [-0.3, -0.25) is 4.90 Å². The Morgan fingerprint density at radius 1 is 1.08 bits per heavy atom. The van der Waals surface area contributed by atoms with Crippen molar-refractivity contribution in [3.8, 4) is 5.82 Å². The van der Waals surface area contributed by atoms with E-state index in [2.05, 4.69) is 41.2 Å². The topological polar surface area (TPSA) is 114 Å². The molecule has 10 nitrogen and oxygen atoms in total. The standard InChI is InChI=1S/C26H31ClN10S/c1-15-14-38-22-21(15)31-24(27)32-23(22)37-25(28)33-26(34-37)30-18-5-6-20(29-13-18)36-8-2-7-35(9-10-36)19-12-16-3-4-17(19)11-16/h5-6,13-14,16-17,19H,2-4,7-12H2,1H3,(H3,28,30,33,34). The molecular formula is C26H31ClN10S. The lowest BCUT2D eigenvalue weighted by Crippen LogP contribution is -2.41. The molecule has 7 rings (SSSR count). The highest BCUT2D eigenvalue weighted by Gasteiger charge is 2.42. The van der Waals surface area contributed by atoms with Crippen LogP contribution in [0.3, 0.4) is 0 Å². The molecule has 4 aromatic rings. The Morgan fingerprint density at radius 3 is 2.79 bits per heavy atom. The van der Waals surface area contributed by atoms with Gasteiger partial charge in [0.15, 0.2) is 5.82 Å². The van der Waals surface area contributed by atoms with Crippen molar-refractivity contribution in [2.75, 3.05) is 42.1 Å². The number of nitrogens with one attached hydrogen (secondary N) is 1. The second-order valence-electron chi connectivity index (χ2n) is 10.8. The highest BCUT2D eigenvalue weighted by Crippen LogP contribution is 2.46. The first-order valence-corrected chi connectivity index (χ1v) is 14.6. The number of pyridine rings is 1. The minimum Gasteiger partial charge on any atom is -0.368 e. The molecule has 0 amide bonds. The van der Waals surface area contributed by atoms with E-state index in [1.165, 1.54) is 54.7 Å².